The quantitative estimate of drug-likeness (QED) is 0.235. The van der Waals surface area contributed by atoms with E-state index in [0.717, 1.165) is 18.5 Å². The lowest BCUT2D eigenvalue weighted by molar-refractivity contribution is -0.139. The summed E-state index contributed by atoms with van der Waals surface area (Å²) in [7, 11) is -2.15. The Labute approximate surface area is 145 Å². The average molecular weight is 362 g/mol. The van der Waals surface area contributed by atoms with Gasteiger partial charge in [0, 0.05) is 25.3 Å². The lowest BCUT2D eigenvalue weighted by Crippen LogP contribution is -2.42. The van der Waals surface area contributed by atoms with Gasteiger partial charge in [-0.2, -0.15) is 0 Å². The molecule has 8 heteroatoms. The van der Waals surface area contributed by atoms with Crippen molar-refractivity contribution in [3.05, 3.63) is 12.2 Å². The summed E-state index contributed by atoms with van der Waals surface area (Å²) in [5.41, 5.74) is 0.312. The number of rotatable bonds is 13. The largest absolute Gasteiger partial charge is 0.459 e. The maximum Gasteiger partial charge on any atom is 0.407 e. The molecule has 0 spiro atoms. The highest BCUT2D eigenvalue weighted by atomic mass is 28.4. The van der Waals surface area contributed by atoms with Gasteiger partial charge in [0.05, 0.1) is 0 Å². The first-order chi connectivity index (χ1) is 11.4. The number of ether oxygens (including phenoxy) is 2. The molecule has 0 bridgehead atoms. The molecule has 0 fully saturated rings. The Kier molecular flexibility index (Phi) is 12.2. The number of carbonyl (C=O) groups excluding carboxylic acids is 2. The Balaban J connectivity index is 3.90. The fourth-order valence-electron chi connectivity index (χ4n) is 2.08. The third-order valence-corrected chi connectivity index (χ3v) is 7.08. The van der Waals surface area contributed by atoms with Crippen molar-refractivity contribution in [3.63, 3.8) is 0 Å². The molecule has 0 atom stereocenters. The maximum atomic E-state index is 11.5. The molecule has 0 saturated carbocycles. The van der Waals surface area contributed by atoms with E-state index in [9.17, 15) is 9.59 Å². The third kappa shape index (κ3) is 9.69. The maximum absolute atomic E-state index is 11.5. The molecule has 0 aliphatic heterocycles. The first-order valence-electron chi connectivity index (χ1n) is 8.41. The van der Waals surface area contributed by atoms with Gasteiger partial charge in [0.2, 0.25) is 0 Å². The van der Waals surface area contributed by atoms with Crippen molar-refractivity contribution in [1.29, 1.82) is 0 Å². The van der Waals surface area contributed by atoms with Crippen molar-refractivity contribution >= 4 is 20.6 Å². The van der Waals surface area contributed by atoms with Crippen molar-refractivity contribution < 1.29 is 27.9 Å². The number of alkyl carbamates (subject to hydrolysis) is 1. The summed E-state index contributed by atoms with van der Waals surface area (Å²) in [6, 6.07) is 1.70. The lowest BCUT2D eigenvalue weighted by Gasteiger charge is -2.28. The second-order valence-corrected chi connectivity index (χ2v) is 8.82. The van der Waals surface area contributed by atoms with Crippen LogP contribution in [0.15, 0.2) is 12.2 Å². The van der Waals surface area contributed by atoms with Crippen LogP contribution in [0.5, 0.6) is 0 Å². The monoisotopic (exact) mass is 361 g/mol. The van der Waals surface area contributed by atoms with Crippen LogP contribution in [-0.4, -0.2) is 53.6 Å². The van der Waals surface area contributed by atoms with Gasteiger partial charge in [-0.1, -0.05) is 13.5 Å². The highest BCUT2D eigenvalue weighted by Crippen LogP contribution is 2.20. The Morgan fingerprint density at radius 3 is 2.12 bits per heavy atom. The van der Waals surface area contributed by atoms with Crippen molar-refractivity contribution in [2.75, 3.05) is 33.0 Å². The van der Waals surface area contributed by atoms with E-state index in [-0.39, 0.29) is 13.2 Å². The van der Waals surface area contributed by atoms with E-state index >= 15 is 0 Å². The van der Waals surface area contributed by atoms with Gasteiger partial charge in [-0.3, -0.25) is 0 Å². The van der Waals surface area contributed by atoms with Gasteiger partial charge in [0.15, 0.2) is 0 Å². The van der Waals surface area contributed by atoms with E-state index in [1.807, 2.05) is 13.8 Å². The molecular weight excluding hydrogens is 330 g/mol. The minimum absolute atomic E-state index is 0.0103. The first kappa shape index (κ1) is 22.6. The zero-order chi connectivity index (χ0) is 18.4. The summed E-state index contributed by atoms with van der Waals surface area (Å²) < 4.78 is 21.5. The second-order valence-electron chi connectivity index (χ2n) is 5.21. The SMILES string of the molecule is C=C(C)C(=O)OCCOC(=O)NCCC[Si](CC)(OCC)OCC. The molecule has 0 rings (SSSR count). The minimum Gasteiger partial charge on any atom is -0.459 e. The predicted octanol–water partition coefficient (Wildman–Crippen LogP) is 2.76. The van der Waals surface area contributed by atoms with Crippen LogP contribution in [0.2, 0.25) is 12.1 Å². The fraction of sp³-hybridized carbons (Fsp3) is 0.750. The van der Waals surface area contributed by atoms with Gasteiger partial charge in [0.25, 0.3) is 0 Å². The number of nitrogens with one attached hydrogen (secondary N) is 1. The summed E-state index contributed by atoms with van der Waals surface area (Å²) in [4.78, 5) is 22.7. The Morgan fingerprint density at radius 2 is 1.62 bits per heavy atom. The van der Waals surface area contributed by atoms with Gasteiger partial charge in [0.1, 0.15) is 13.2 Å². The smallest absolute Gasteiger partial charge is 0.407 e. The molecular formula is C16H31NO6Si. The number of amides is 1. The molecule has 140 valence electrons. The molecule has 0 heterocycles. The number of carbonyl (C=O) groups is 2. The summed E-state index contributed by atoms with van der Waals surface area (Å²) in [5.74, 6) is -0.494. The van der Waals surface area contributed by atoms with Gasteiger partial charge < -0.3 is 23.6 Å². The van der Waals surface area contributed by atoms with Crippen LogP contribution in [-0.2, 0) is 23.1 Å². The van der Waals surface area contributed by atoms with Crippen molar-refractivity contribution in [2.45, 2.75) is 46.2 Å². The first-order valence-corrected chi connectivity index (χ1v) is 10.6. The molecule has 0 aromatic carbocycles. The second kappa shape index (κ2) is 13.0. The van der Waals surface area contributed by atoms with Gasteiger partial charge in [-0.25, -0.2) is 9.59 Å². The molecule has 24 heavy (non-hydrogen) atoms. The van der Waals surface area contributed by atoms with Crippen LogP contribution < -0.4 is 5.32 Å². The number of esters is 1. The van der Waals surface area contributed by atoms with E-state index in [1.165, 1.54) is 0 Å². The van der Waals surface area contributed by atoms with Gasteiger partial charge in [-0.15, -0.1) is 0 Å². The molecule has 1 amide bonds. The fourth-order valence-corrected chi connectivity index (χ4v) is 4.99. The van der Waals surface area contributed by atoms with Crippen molar-refractivity contribution in [1.82, 2.24) is 5.32 Å². The molecule has 0 aliphatic carbocycles. The standard InChI is InChI=1S/C16H31NO6Si/c1-6-22-24(8-3,23-7-2)13-9-10-17-16(19)21-12-11-20-15(18)14(4)5/h4,6-13H2,1-3,5H3,(H,17,19). The topological polar surface area (TPSA) is 83.1 Å². The Morgan fingerprint density at radius 1 is 1.04 bits per heavy atom. The zero-order valence-corrected chi connectivity index (χ0v) is 16.3. The van der Waals surface area contributed by atoms with Crippen LogP contribution in [0.25, 0.3) is 0 Å². The van der Waals surface area contributed by atoms with Crippen LogP contribution in [0.3, 0.4) is 0 Å². The van der Waals surface area contributed by atoms with Crippen LogP contribution in [0.4, 0.5) is 4.79 Å². The zero-order valence-electron chi connectivity index (χ0n) is 15.3. The van der Waals surface area contributed by atoms with Crippen LogP contribution in [0.1, 0.15) is 34.1 Å². The molecule has 0 aliphatic rings. The number of hydrogen-bond acceptors (Lipinski definition) is 6. The summed E-state index contributed by atoms with van der Waals surface area (Å²) in [5, 5.41) is 2.67. The minimum atomic E-state index is -2.15. The molecule has 1 N–H and O–H groups in total. The normalized spacial score (nSPS) is 11.0. The highest BCUT2D eigenvalue weighted by Gasteiger charge is 2.34. The molecule has 0 radical (unpaired) electrons. The lowest BCUT2D eigenvalue weighted by atomic mass is 10.4. The van der Waals surface area contributed by atoms with E-state index in [0.29, 0.717) is 25.3 Å². The summed E-state index contributed by atoms with van der Waals surface area (Å²) >= 11 is 0. The summed E-state index contributed by atoms with van der Waals surface area (Å²) in [6.07, 6.45) is 0.234. The van der Waals surface area contributed by atoms with Gasteiger partial charge >= 0.3 is 20.6 Å². The molecule has 0 aromatic rings. The van der Waals surface area contributed by atoms with E-state index < -0.39 is 20.6 Å². The van der Waals surface area contributed by atoms with E-state index in [2.05, 4.69) is 18.8 Å². The molecule has 0 unspecified atom stereocenters. The van der Waals surface area contributed by atoms with Crippen LogP contribution >= 0.6 is 0 Å². The predicted molar refractivity (Wildman–Crippen MR) is 94.0 cm³/mol. The Bertz CT molecular complexity index is 396. The van der Waals surface area contributed by atoms with Crippen molar-refractivity contribution in [2.24, 2.45) is 0 Å². The average Bonchev–Trinajstić information content (AvgIpc) is 2.55. The van der Waals surface area contributed by atoms with E-state index in [4.69, 9.17) is 18.3 Å². The van der Waals surface area contributed by atoms with Crippen molar-refractivity contribution in [3.8, 4) is 0 Å². The summed E-state index contributed by atoms with van der Waals surface area (Å²) in [6.45, 7) is 12.8. The molecule has 0 saturated heterocycles. The van der Waals surface area contributed by atoms with Gasteiger partial charge in [-0.05, 0) is 39.3 Å². The van der Waals surface area contributed by atoms with E-state index in [1.54, 1.807) is 6.92 Å². The van der Waals surface area contributed by atoms with Crippen LogP contribution in [0, 0.1) is 0 Å². The number of hydrogen-bond donors (Lipinski definition) is 1. The highest BCUT2D eigenvalue weighted by molar-refractivity contribution is 6.67. The third-order valence-electron chi connectivity index (χ3n) is 3.26. The molecule has 0 aromatic heterocycles. The molecule has 7 nitrogen and oxygen atoms in total. The Hall–Kier alpha value is -1.38.